The number of rotatable bonds is 9. The van der Waals surface area contributed by atoms with E-state index in [0.29, 0.717) is 18.4 Å². The standard InChI is InChI=1S/C24H30N2O2/c1-5-20-15-17(3)16-21(6-2)22(20)23(27)24(28)26-25-18(4)11-10-14-19-12-8-7-9-13-19/h7-9,12-13,15-16H,5-6,10-11,14H2,1-4H3,(H,26,28)/b25-18+. The van der Waals surface area contributed by atoms with Crippen LogP contribution in [0.3, 0.4) is 0 Å². The highest BCUT2D eigenvalue weighted by Gasteiger charge is 2.22. The van der Waals surface area contributed by atoms with Crippen LogP contribution in [0.25, 0.3) is 0 Å². The van der Waals surface area contributed by atoms with Gasteiger partial charge in [0.05, 0.1) is 0 Å². The minimum Gasteiger partial charge on any atom is -0.283 e. The number of carbonyl (C=O) groups excluding carboxylic acids is 2. The van der Waals surface area contributed by atoms with Crippen LogP contribution in [0.2, 0.25) is 0 Å². The highest BCUT2D eigenvalue weighted by atomic mass is 16.2. The van der Waals surface area contributed by atoms with E-state index in [9.17, 15) is 9.59 Å². The molecule has 4 nitrogen and oxygen atoms in total. The predicted octanol–water partition coefficient (Wildman–Crippen LogP) is 4.82. The van der Waals surface area contributed by atoms with E-state index in [2.05, 4.69) is 22.7 Å². The smallest absolute Gasteiger partial charge is 0.283 e. The van der Waals surface area contributed by atoms with Gasteiger partial charge in [0.2, 0.25) is 0 Å². The number of Topliss-reactive ketones (excluding diaryl/α,β-unsaturated/α-hetero) is 1. The summed E-state index contributed by atoms with van der Waals surface area (Å²) in [6.45, 7) is 7.88. The first-order valence-corrected chi connectivity index (χ1v) is 10.00. The number of benzene rings is 2. The van der Waals surface area contributed by atoms with Crippen molar-refractivity contribution < 1.29 is 9.59 Å². The summed E-state index contributed by atoms with van der Waals surface area (Å²) in [5.41, 5.74) is 8.02. The van der Waals surface area contributed by atoms with Gasteiger partial charge in [0.1, 0.15) is 0 Å². The summed E-state index contributed by atoms with van der Waals surface area (Å²) in [6, 6.07) is 14.2. The molecule has 0 spiro atoms. The Labute approximate surface area is 168 Å². The Morgan fingerprint density at radius 3 is 2.18 bits per heavy atom. The molecule has 2 aromatic rings. The van der Waals surface area contributed by atoms with Gasteiger partial charge in [0.25, 0.3) is 5.78 Å². The Morgan fingerprint density at radius 1 is 1.00 bits per heavy atom. The number of hydrazone groups is 1. The predicted molar refractivity (Wildman–Crippen MR) is 115 cm³/mol. The van der Waals surface area contributed by atoms with Crippen molar-refractivity contribution in [3.05, 3.63) is 70.3 Å². The second-order valence-corrected chi connectivity index (χ2v) is 7.12. The first-order valence-electron chi connectivity index (χ1n) is 10.00. The first-order chi connectivity index (χ1) is 13.5. The molecule has 0 aliphatic rings. The zero-order valence-electron chi connectivity index (χ0n) is 17.3. The summed E-state index contributed by atoms with van der Waals surface area (Å²) in [6.07, 6.45) is 4.11. The van der Waals surface area contributed by atoms with Gasteiger partial charge in [-0.1, -0.05) is 61.9 Å². The summed E-state index contributed by atoms with van der Waals surface area (Å²) in [7, 11) is 0. The topological polar surface area (TPSA) is 58.5 Å². The van der Waals surface area contributed by atoms with Crippen molar-refractivity contribution in [2.24, 2.45) is 5.10 Å². The van der Waals surface area contributed by atoms with E-state index in [-0.39, 0.29) is 0 Å². The van der Waals surface area contributed by atoms with Gasteiger partial charge in [-0.15, -0.1) is 0 Å². The van der Waals surface area contributed by atoms with Crippen LogP contribution < -0.4 is 5.43 Å². The average molecular weight is 379 g/mol. The normalized spacial score (nSPS) is 11.4. The average Bonchev–Trinajstić information content (AvgIpc) is 2.71. The molecule has 2 rings (SSSR count). The minimum atomic E-state index is -0.671. The molecular formula is C24H30N2O2. The van der Waals surface area contributed by atoms with Crippen LogP contribution in [0.15, 0.2) is 47.6 Å². The van der Waals surface area contributed by atoms with Crippen molar-refractivity contribution in [3.63, 3.8) is 0 Å². The van der Waals surface area contributed by atoms with Crippen LogP contribution in [0.5, 0.6) is 0 Å². The van der Waals surface area contributed by atoms with Crippen LogP contribution >= 0.6 is 0 Å². The summed E-state index contributed by atoms with van der Waals surface area (Å²) >= 11 is 0. The molecule has 1 N–H and O–H groups in total. The Hall–Kier alpha value is -2.75. The van der Waals surface area contributed by atoms with Crippen molar-refractivity contribution in [2.75, 3.05) is 0 Å². The third kappa shape index (κ3) is 5.88. The maximum atomic E-state index is 12.7. The lowest BCUT2D eigenvalue weighted by atomic mass is 9.92. The molecule has 0 aliphatic heterocycles. The molecule has 148 valence electrons. The number of nitrogens with zero attached hydrogens (tertiary/aromatic N) is 1. The first kappa shape index (κ1) is 21.5. The molecule has 0 saturated heterocycles. The van der Waals surface area contributed by atoms with E-state index in [4.69, 9.17) is 0 Å². The van der Waals surface area contributed by atoms with Gasteiger partial charge in [-0.2, -0.15) is 5.10 Å². The quantitative estimate of drug-likeness (QED) is 0.294. The molecule has 0 heterocycles. The number of carbonyl (C=O) groups is 2. The Balaban J connectivity index is 1.98. The van der Waals surface area contributed by atoms with Crippen molar-refractivity contribution in [3.8, 4) is 0 Å². The van der Waals surface area contributed by atoms with Crippen molar-refractivity contribution >= 4 is 17.4 Å². The van der Waals surface area contributed by atoms with E-state index in [1.54, 1.807) is 0 Å². The molecular weight excluding hydrogens is 348 g/mol. The second kappa shape index (κ2) is 10.5. The van der Waals surface area contributed by atoms with Crippen molar-refractivity contribution in [1.82, 2.24) is 5.43 Å². The lowest BCUT2D eigenvalue weighted by molar-refractivity contribution is -0.117. The number of amides is 1. The van der Waals surface area contributed by atoms with Gasteiger partial charge in [0.15, 0.2) is 0 Å². The molecule has 2 aromatic carbocycles. The summed E-state index contributed by atoms with van der Waals surface area (Å²) in [4.78, 5) is 25.1. The van der Waals surface area contributed by atoms with Gasteiger partial charge in [-0.3, -0.25) is 9.59 Å². The van der Waals surface area contributed by atoms with Crippen LogP contribution in [0, 0.1) is 6.92 Å². The number of ketones is 1. The SMILES string of the molecule is CCc1cc(C)cc(CC)c1C(=O)C(=O)N/N=C(\C)CCCc1ccccc1. The van der Waals surface area contributed by atoms with Gasteiger partial charge in [0, 0.05) is 11.3 Å². The molecule has 0 aliphatic carbocycles. The molecule has 4 heteroatoms. The Bertz CT molecular complexity index is 829. The van der Waals surface area contributed by atoms with Gasteiger partial charge in [-0.25, -0.2) is 5.43 Å². The number of aryl methyl sites for hydroxylation is 4. The maximum Gasteiger partial charge on any atom is 0.312 e. The molecule has 0 atom stereocenters. The Morgan fingerprint density at radius 2 is 1.61 bits per heavy atom. The van der Waals surface area contributed by atoms with E-state index in [1.165, 1.54) is 5.56 Å². The van der Waals surface area contributed by atoms with E-state index in [1.807, 2.05) is 58.0 Å². The fraction of sp³-hybridized carbons (Fsp3) is 0.375. The summed E-state index contributed by atoms with van der Waals surface area (Å²) < 4.78 is 0. The molecule has 0 aromatic heterocycles. The highest BCUT2D eigenvalue weighted by molar-refractivity contribution is 6.43. The second-order valence-electron chi connectivity index (χ2n) is 7.12. The summed E-state index contributed by atoms with van der Waals surface area (Å²) in [5.74, 6) is -1.18. The van der Waals surface area contributed by atoms with E-state index < -0.39 is 11.7 Å². The zero-order valence-corrected chi connectivity index (χ0v) is 17.3. The molecule has 1 amide bonds. The van der Waals surface area contributed by atoms with Gasteiger partial charge < -0.3 is 0 Å². The largest absolute Gasteiger partial charge is 0.312 e. The number of nitrogens with one attached hydrogen (secondary N) is 1. The van der Waals surface area contributed by atoms with Crippen molar-refractivity contribution in [1.29, 1.82) is 0 Å². The van der Waals surface area contributed by atoms with Crippen LogP contribution in [0.1, 0.15) is 66.2 Å². The zero-order chi connectivity index (χ0) is 20.5. The van der Waals surface area contributed by atoms with E-state index in [0.717, 1.165) is 41.7 Å². The molecule has 0 bridgehead atoms. The molecule has 0 unspecified atom stereocenters. The third-order valence-corrected chi connectivity index (χ3v) is 4.84. The maximum absolute atomic E-state index is 12.7. The third-order valence-electron chi connectivity index (χ3n) is 4.84. The minimum absolute atomic E-state index is 0.505. The number of hydrogen-bond acceptors (Lipinski definition) is 3. The summed E-state index contributed by atoms with van der Waals surface area (Å²) in [5, 5.41) is 4.13. The fourth-order valence-electron chi connectivity index (χ4n) is 3.35. The van der Waals surface area contributed by atoms with E-state index >= 15 is 0 Å². The monoisotopic (exact) mass is 378 g/mol. The van der Waals surface area contributed by atoms with Crippen LogP contribution in [0.4, 0.5) is 0 Å². The lowest BCUT2D eigenvalue weighted by Crippen LogP contribution is -2.29. The highest BCUT2D eigenvalue weighted by Crippen LogP contribution is 2.20. The molecule has 28 heavy (non-hydrogen) atoms. The lowest BCUT2D eigenvalue weighted by Gasteiger charge is -2.13. The Kier molecular flexibility index (Phi) is 8.12. The van der Waals surface area contributed by atoms with Gasteiger partial charge in [-0.05, 0) is 62.6 Å². The molecule has 0 fully saturated rings. The van der Waals surface area contributed by atoms with Crippen LogP contribution in [-0.4, -0.2) is 17.4 Å². The number of hydrogen-bond donors (Lipinski definition) is 1. The molecule has 0 saturated carbocycles. The fourth-order valence-corrected chi connectivity index (χ4v) is 3.35. The molecule has 0 radical (unpaired) electrons. The van der Waals surface area contributed by atoms with Gasteiger partial charge >= 0.3 is 5.91 Å². The van der Waals surface area contributed by atoms with Crippen molar-refractivity contribution in [2.45, 2.75) is 59.8 Å². The van der Waals surface area contributed by atoms with Crippen LogP contribution in [-0.2, 0) is 24.1 Å².